The van der Waals surface area contributed by atoms with Crippen LogP contribution >= 0.6 is 15.8 Å². The summed E-state index contributed by atoms with van der Waals surface area (Å²) in [5.41, 5.74) is 15.7. The lowest BCUT2D eigenvalue weighted by Gasteiger charge is -2.33. The van der Waals surface area contributed by atoms with Crippen molar-refractivity contribution in [2.45, 2.75) is 73.6 Å². The van der Waals surface area contributed by atoms with Gasteiger partial charge in [0.2, 0.25) is 0 Å². The number of hydrogen-bond donors (Lipinski definition) is 0. The first-order valence-corrected chi connectivity index (χ1v) is 19.7. The molecule has 2 atom stereocenters. The predicted molar refractivity (Wildman–Crippen MR) is 212 cm³/mol. The van der Waals surface area contributed by atoms with Gasteiger partial charge in [0.1, 0.15) is 0 Å². The first kappa shape index (κ1) is 33.3. The maximum Gasteiger partial charge on any atom is 0.0310 e. The van der Waals surface area contributed by atoms with Crippen molar-refractivity contribution >= 4 is 37.1 Å². The Bertz CT molecular complexity index is 1810. The molecule has 0 aromatic heterocycles. The van der Waals surface area contributed by atoms with E-state index < -0.39 is 15.8 Å². The first-order valence-electron chi connectivity index (χ1n) is 16.9. The van der Waals surface area contributed by atoms with Crippen molar-refractivity contribution in [1.82, 2.24) is 0 Å². The van der Waals surface area contributed by atoms with E-state index in [-0.39, 0.29) is 5.66 Å². The van der Waals surface area contributed by atoms with E-state index in [0.717, 1.165) is 0 Å². The SMILES string of the molecule is Cc1cc(C)cc(P(c2cc(C)cc(C)c2)C2C=CC=C/C2=C2/C=CC=C2[C@@H](C)P(c2cc(C)cc(C)c2)c2cc(C)cc(C)c2)c1. The molecule has 4 aromatic carbocycles. The van der Waals surface area contributed by atoms with Crippen molar-refractivity contribution in [3.63, 3.8) is 0 Å². The fourth-order valence-electron chi connectivity index (χ4n) is 7.63. The smallest absolute Gasteiger partial charge is 0.0310 e. The topological polar surface area (TPSA) is 0 Å². The second kappa shape index (κ2) is 13.9. The summed E-state index contributed by atoms with van der Waals surface area (Å²) < 4.78 is 0. The second-order valence-corrected chi connectivity index (χ2v) is 18.7. The van der Waals surface area contributed by atoms with E-state index >= 15 is 0 Å². The molecule has 0 N–H and O–H groups in total. The molecule has 0 heterocycles. The highest BCUT2D eigenvalue weighted by Gasteiger charge is 2.33. The summed E-state index contributed by atoms with van der Waals surface area (Å²) in [6, 6.07) is 28.7. The summed E-state index contributed by atoms with van der Waals surface area (Å²) in [6.07, 6.45) is 16.5. The minimum Gasteiger partial charge on any atom is -0.0721 e. The number of rotatable bonds is 7. The van der Waals surface area contributed by atoms with Crippen molar-refractivity contribution < 1.29 is 0 Å². The second-order valence-electron chi connectivity index (χ2n) is 13.8. The molecule has 6 rings (SSSR count). The van der Waals surface area contributed by atoms with Crippen molar-refractivity contribution in [1.29, 1.82) is 0 Å². The highest BCUT2D eigenvalue weighted by molar-refractivity contribution is 7.74. The molecule has 0 saturated heterocycles. The molecule has 2 heteroatoms. The van der Waals surface area contributed by atoms with Gasteiger partial charge in [-0.15, -0.1) is 0 Å². The lowest BCUT2D eigenvalue weighted by molar-refractivity contribution is 1.12. The Balaban J connectivity index is 1.51. The summed E-state index contributed by atoms with van der Waals surface area (Å²) in [5.74, 6) is 0. The standard InChI is InChI=1S/C45H48P2/c1-29-17-30(2)22-38(21-29)46(39-23-31(3)18-32(4)24-39)37(9)42-14-12-15-43(42)44-13-10-11-16-45(44)47(40-25-33(5)19-34(6)26-40)41-27-35(7)20-36(8)28-41/h10-28,37,45H,1-9H3/b44-43+/t37-,45?/m1/s1. The van der Waals surface area contributed by atoms with Gasteiger partial charge in [-0.05, 0) is 109 Å². The average molecular weight is 651 g/mol. The van der Waals surface area contributed by atoms with Crippen LogP contribution in [0.1, 0.15) is 51.4 Å². The third kappa shape index (κ3) is 7.31. The summed E-state index contributed by atoms with van der Waals surface area (Å²) in [6.45, 7) is 20.4. The van der Waals surface area contributed by atoms with Gasteiger partial charge in [-0.25, -0.2) is 0 Å². The summed E-state index contributed by atoms with van der Waals surface area (Å²) in [5, 5.41) is 5.85. The van der Waals surface area contributed by atoms with E-state index in [1.54, 1.807) is 0 Å². The van der Waals surface area contributed by atoms with E-state index in [0.29, 0.717) is 5.66 Å². The van der Waals surface area contributed by atoms with Gasteiger partial charge in [0.25, 0.3) is 0 Å². The monoisotopic (exact) mass is 650 g/mol. The Morgan fingerprint density at radius 2 is 0.872 bits per heavy atom. The third-order valence-corrected chi connectivity index (χ3v) is 14.5. The fraction of sp³-hybridized carbons (Fsp3) is 0.244. The summed E-state index contributed by atoms with van der Waals surface area (Å²) in [7, 11) is -1.35. The molecule has 0 bridgehead atoms. The van der Waals surface area contributed by atoms with Gasteiger partial charge in [-0.2, -0.15) is 0 Å². The Morgan fingerprint density at radius 1 is 0.468 bits per heavy atom. The number of aryl methyl sites for hydroxylation is 8. The van der Waals surface area contributed by atoms with E-state index in [9.17, 15) is 0 Å². The number of allylic oxidation sites excluding steroid dienone is 10. The van der Waals surface area contributed by atoms with Gasteiger partial charge in [0.05, 0.1) is 0 Å². The van der Waals surface area contributed by atoms with Crippen LogP contribution in [0.2, 0.25) is 0 Å². The van der Waals surface area contributed by atoms with Crippen LogP contribution in [0.5, 0.6) is 0 Å². The van der Waals surface area contributed by atoms with Crippen LogP contribution in [0.3, 0.4) is 0 Å². The van der Waals surface area contributed by atoms with Crippen molar-refractivity contribution in [3.05, 3.63) is 177 Å². The number of hydrogen-bond acceptors (Lipinski definition) is 0. The average Bonchev–Trinajstić information content (AvgIpc) is 3.46. The third-order valence-electron chi connectivity index (χ3n) is 9.21. The largest absolute Gasteiger partial charge is 0.0721 e. The normalized spacial score (nSPS) is 18.0. The molecule has 47 heavy (non-hydrogen) atoms. The van der Waals surface area contributed by atoms with Crippen LogP contribution in [-0.4, -0.2) is 11.3 Å². The molecule has 0 amide bonds. The molecular formula is C45H48P2. The van der Waals surface area contributed by atoms with Gasteiger partial charge < -0.3 is 0 Å². The Hall–Kier alpha value is -3.56. The lowest BCUT2D eigenvalue weighted by atomic mass is 9.95. The minimum absolute atomic E-state index is 0.277. The summed E-state index contributed by atoms with van der Waals surface area (Å²) >= 11 is 0. The van der Waals surface area contributed by atoms with Crippen LogP contribution in [0.15, 0.2) is 132 Å². The zero-order valence-corrected chi connectivity index (χ0v) is 31.3. The Kier molecular flexibility index (Phi) is 9.85. The van der Waals surface area contributed by atoms with Crippen LogP contribution in [0.4, 0.5) is 0 Å². The van der Waals surface area contributed by atoms with Crippen LogP contribution in [0.25, 0.3) is 0 Å². The number of benzene rings is 4. The van der Waals surface area contributed by atoms with Crippen molar-refractivity contribution in [2.75, 3.05) is 0 Å². The van der Waals surface area contributed by atoms with Gasteiger partial charge in [-0.1, -0.05) is 167 Å². The molecule has 0 aliphatic heterocycles. The minimum atomic E-state index is -0.700. The molecule has 238 valence electrons. The Morgan fingerprint density at radius 3 is 1.30 bits per heavy atom. The zero-order valence-electron chi connectivity index (χ0n) is 29.5. The molecular weight excluding hydrogens is 602 g/mol. The lowest BCUT2D eigenvalue weighted by Crippen LogP contribution is -2.26. The van der Waals surface area contributed by atoms with Crippen LogP contribution in [-0.2, 0) is 0 Å². The molecule has 0 spiro atoms. The zero-order chi connectivity index (χ0) is 33.4. The van der Waals surface area contributed by atoms with Crippen LogP contribution in [0, 0.1) is 55.4 Å². The van der Waals surface area contributed by atoms with Gasteiger partial charge >= 0.3 is 0 Å². The predicted octanol–water partition coefficient (Wildman–Crippen LogP) is 10.4. The van der Waals surface area contributed by atoms with Gasteiger partial charge in [0, 0.05) is 11.3 Å². The highest BCUT2D eigenvalue weighted by atomic mass is 31.1. The molecule has 4 aromatic rings. The molecule has 2 aliphatic rings. The van der Waals surface area contributed by atoms with E-state index in [1.807, 2.05) is 0 Å². The van der Waals surface area contributed by atoms with E-state index in [1.165, 1.54) is 82.4 Å². The van der Waals surface area contributed by atoms with Gasteiger partial charge in [0.15, 0.2) is 0 Å². The maximum atomic E-state index is 2.48. The molecule has 0 fully saturated rings. The van der Waals surface area contributed by atoms with Gasteiger partial charge in [-0.3, -0.25) is 0 Å². The molecule has 1 unspecified atom stereocenters. The fourth-order valence-corrected chi connectivity index (χ4v) is 13.8. The van der Waals surface area contributed by atoms with E-state index in [2.05, 4.69) is 178 Å². The molecule has 0 radical (unpaired) electrons. The van der Waals surface area contributed by atoms with Crippen molar-refractivity contribution in [3.8, 4) is 0 Å². The van der Waals surface area contributed by atoms with E-state index in [4.69, 9.17) is 0 Å². The quantitative estimate of drug-likeness (QED) is 0.175. The molecule has 0 nitrogen and oxygen atoms in total. The first-order chi connectivity index (χ1) is 22.5. The van der Waals surface area contributed by atoms with Crippen molar-refractivity contribution in [2.24, 2.45) is 0 Å². The van der Waals surface area contributed by atoms with Crippen LogP contribution < -0.4 is 21.2 Å². The molecule has 2 aliphatic carbocycles. The Labute approximate surface area is 286 Å². The maximum absolute atomic E-state index is 2.48. The highest BCUT2D eigenvalue weighted by Crippen LogP contribution is 2.51. The summed E-state index contributed by atoms with van der Waals surface area (Å²) in [4.78, 5) is 0. The molecule has 0 saturated carbocycles.